The number of thiazole rings is 1. The SMILES string of the molecule is CCOCCn1c(=NC(=O)c2ccc(S(=O)(=O)N3CCCCC3CC)cc2)sc2c(C)cc(C)cc21. The van der Waals surface area contributed by atoms with Crippen LogP contribution in [0.15, 0.2) is 46.3 Å². The molecule has 1 saturated heterocycles. The maximum absolute atomic E-state index is 13.3. The first-order valence-corrected chi connectivity index (χ1v) is 14.9. The Morgan fingerprint density at radius 2 is 1.89 bits per heavy atom. The van der Waals surface area contributed by atoms with Crippen molar-refractivity contribution < 1.29 is 17.9 Å². The third kappa shape index (κ3) is 5.49. The Hall–Kier alpha value is -2.33. The smallest absolute Gasteiger partial charge is 0.279 e. The average Bonchev–Trinajstić information content (AvgIpc) is 3.21. The standard InChI is InChI=1S/C27H35N3O4S2/c1-5-22-9-7-8-14-30(22)36(32,33)23-12-10-21(11-13-23)26(31)28-27-29(15-16-34-6-2)24-18-19(3)17-20(4)25(24)35-27/h10-13,17-18,22H,5-9,14-16H2,1-4H3. The van der Waals surface area contributed by atoms with Crippen LogP contribution in [0.1, 0.15) is 61.0 Å². The molecule has 3 aromatic rings. The molecule has 36 heavy (non-hydrogen) atoms. The van der Waals surface area contributed by atoms with Crippen LogP contribution in [0.5, 0.6) is 0 Å². The minimum absolute atomic E-state index is 0.0345. The summed E-state index contributed by atoms with van der Waals surface area (Å²) in [7, 11) is -3.59. The van der Waals surface area contributed by atoms with Gasteiger partial charge in [-0.3, -0.25) is 4.79 Å². The van der Waals surface area contributed by atoms with Gasteiger partial charge in [0.05, 0.1) is 21.7 Å². The predicted molar refractivity (Wildman–Crippen MR) is 144 cm³/mol. The molecule has 194 valence electrons. The van der Waals surface area contributed by atoms with E-state index < -0.39 is 15.9 Å². The van der Waals surface area contributed by atoms with Gasteiger partial charge < -0.3 is 9.30 Å². The molecule has 0 spiro atoms. The number of nitrogens with zero attached hydrogens (tertiary/aromatic N) is 3. The number of fused-ring (bicyclic) bond motifs is 1. The summed E-state index contributed by atoms with van der Waals surface area (Å²) in [6.07, 6.45) is 3.62. The molecule has 1 atom stereocenters. The average molecular weight is 530 g/mol. The second-order valence-electron chi connectivity index (χ2n) is 9.28. The highest BCUT2D eigenvalue weighted by molar-refractivity contribution is 7.89. The van der Waals surface area contributed by atoms with E-state index in [9.17, 15) is 13.2 Å². The Labute approximate surface area is 217 Å². The Balaban J connectivity index is 1.66. The molecule has 1 fully saturated rings. The number of aromatic nitrogens is 1. The summed E-state index contributed by atoms with van der Waals surface area (Å²) in [5.41, 5.74) is 3.70. The number of rotatable bonds is 8. The van der Waals surface area contributed by atoms with E-state index in [4.69, 9.17) is 4.74 Å². The Morgan fingerprint density at radius 1 is 1.14 bits per heavy atom. The first-order chi connectivity index (χ1) is 17.3. The van der Waals surface area contributed by atoms with Gasteiger partial charge >= 0.3 is 0 Å². The highest BCUT2D eigenvalue weighted by Crippen LogP contribution is 2.27. The molecule has 1 unspecified atom stereocenters. The van der Waals surface area contributed by atoms with Crippen LogP contribution >= 0.6 is 11.3 Å². The Morgan fingerprint density at radius 3 is 2.58 bits per heavy atom. The van der Waals surface area contributed by atoms with E-state index >= 15 is 0 Å². The summed E-state index contributed by atoms with van der Waals surface area (Å²) >= 11 is 1.49. The molecule has 2 heterocycles. The van der Waals surface area contributed by atoms with Crippen molar-refractivity contribution in [3.8, 4) is 0 Å². The lowest BCUT2D eigenvalue weighted by atomic mass is 10.0. The lowest BCUT2D eigenvalue weighted by molar-refractivity contribution is 0.0996. The number of carbonyl (C=O) groups excluding carboxylic acids is 1. The fourth-order valence-corrected chi connectivity index (χ4v) is 7.74. The molecule has 2 aromatic carbocycles. The Bertz CT molecular complexity index is 1410. The summed E-state index contributed by atoms with van der Waals surface area (Å²) in [5.74, 6) is -0.394. The number of carbonyl (C=O) groups is 1. The van der Waals surface area contributed by atoms with Crippen LogP contribution in [-0.4, -0.2) is 49.0 Å². The van der Waals surface area contributed by atoms with Gasteiger partial charge in [0.25, 0.3) is 5.91 Å². The zero-order valence-corrected chi connectivity index (χ0v) is 23.1. The zero-order valence-electron chi connectivity index (χ0n) is 21.5. The van der Waals surface area contributed by atoms with E-state index in [1.807, 2.05) is 18.4 Å². The minimum Gasteiger partial charge on any atom is -0.380 e. The van der Waals surface area contributed by atoms with Crippen LogP contribution in [0.4, 0.5) is 0 Å². The lowest BCUT2D eigenvalue weighted by Crippen LogP contribution is -2.43. The number of ether oxygens (including phenoxy) is 1. The van der Waals surface area contributed by atoms with Crippen molar-refractivity contribution in [1.82, 2.24) is 8.87 Å². The molecule has 1 aromatic heterocycles. The topological polar surface area (TPSA) is 81.0 Å². The number of aryl methyl sites for hydroxylation is 2. The molecule has 1 aliphatic heterocycles. The van der Waals surface area contributed by atoms with Crippen LogP contribution in [0, 0.1) is 13.8 Å². The second kappa shape index (κ2) is 11.4. The largest absolute Gasteiger partial charge is 0.380 e. The monoisotopic (exact) mass is 529 g/mol. The maximum Gasteiger partial charge on any atom is 0.279 e. The zero-order chi connectivity index (χ0) is 25.9. The molecule has 7 nitrogen and oxygen atoms in total. The van der Waals surface area contributed by atoms with Crippen molar-refractivity contribution in [2.45, 2.75) is 70.9 Å². The third-order valence-electron chi connectivity index (χ3n) is 6.73. The molecule has 1 amide bonds. The van der Waals surface area contributed by atoms with E-state index in [1.165, 1.54) is 23.5 Å². The van der Waals surface area contributed by atoms with E-state index in [2.05, 4.69) is 31.0 Å². The van der Waals surface area contributed by atoms with Gasteiger partial charge in [-0.05, 0) is 81.5 Å². The normalized spacial score (nSPS) is 17.7. The van der Waals surface area contributed by atoms with Crippen molar-refractivity contribution in [2.75, 3.05) is 19.8 Å². The van der Waals surface area contributed by atoms with E-state index in [-0.39, 0.29) is 10.9 Å². The van der Waals surface area contributed by atoms with Crippen LogP contribution in [-0.2, 0) is 21.3 Å². The van der Waals surface area contributed by atoms with Gasteiger partial charge in [0.2, 0.25) is 10.0 Å². The van der Waals surface area contributed by atoms with Gasteiger partial charge in [-0.1, -0.05) is 30.7 Å². The fraction of sp³-hybridized carbons (Fsp3) is 0.481. The summed E-state index contributed by atoms with van der Waals surface area (Å²) in [6, 6.07) is 10.5. The molecule has 1 aliphatic rings. The number of amides is 1. The van der Waals surface area contributed by atoms with Crippen LogP contribution in [0.25, 0.3) is 10.2 Å². The number of piperidine rings is 1. The summed E-state index contributed by atoms with van der Waals surface area (Å²) in [6.45, 7) is 10.4. The number of hydrogen-bond acceptors (Lipinski definition) is 5. The van der Waals surface area contributed by atoms with Crippen molar-refractivity contribution in [3.63, 3.8) is 0 Å². The third-order valence-corrected chi connectivity index (χ3v) is 9.92. The molecule has 4 rings (SSSR count). The first-order valence-electron chi connectivity index (χ1n) is 12.7. The molecule has 0 aliphatic carbocycles. The summed E-state index contributed by atoms with van der Waals surface area (Å²) in [5, 5.41) is 0. The summed E-state index contributed by atoms with van der Waals surface area (Å²) in [4.78, 5) is 18.4. The van der Waals surface area contributed by atoms with Gasteiger partial charge in [-0.2, -0.15) is 9.30 Å². The number of benzene rings is 2. The lowest BCUT2D eigenvalue weighted by Gasteiger charge is -2.34. The maximum atomic E-state index is 13.3. The van der Waals surface area contributed by atoms with E-state index in [0.717, 1.165) is 47.0 Å². The van der Waals surface area contributed by atoms with Crippen molar-refractivity contribution in [2.24, 2.45) is 4.99 Å². The van der Waals surface area contributed by atoms with Gasteiger partial charge in [-0.15, -0.1) is 0 Å². The van der Waals surface area contributed by atoms with Gasteiger partial charge in [-0.25, -0.2) is 8.42 Å². The highest BCUT2D eigenvalue weighted by Gasteiger charge is 2.32. The molecule has 0 saturated carbocycles. The van der Waals surface area contributed by atoms with Crippen molar-refractivity contribution in [1.29, 1.82) is 0 Å². The van der Waals surface area contributed by atoms with Crippen LogP contribution in [0.3, 0.4) is 0 Å². The predicted octanol–water partition coefficient (Wildman–Crippen LogP) is 5.05. The van der Waals surface area contributed by atoms with Gasteiger partial charge in [0.1, 0.15) is 0 Å². The van der Waals surface area contributed by atoms with Crippen molar-refractivity contribution >= 4 is 37.5 Å². The quantitative estimate of drug-likeness (QED) is 0.383. The number of hydrogen-bond donors (Lipinski definition) is 0. The minimum atomic E-state index is -3.59. The van der Waals surface area contributed by atoms with Crippen LogP contribution in [0.2, 0.25) is 0 Å². The number of sulfonamides is 1. The molecular formula is C27H35N3O4S2. The second-order valence-corrected chi connectivity index (χ2v) is 12.1. The summed E-state index contributed by atoms with van der Waals surface area (Å²) < 4.78 is 36.8. The molecule has 0 radical (unpaired) electrons. The molecule has 9 heteroatoms. The molecular weight excluding hydrogens is 494 g/mol. The van der Waals surface area contributed by atoms with Gasteiger partial charge in [0.15, 0.2) is 4.80 Å². The first kappa shape index (κ1) is 26.7. The van der Waals surface area contributed by atoms with E-state index in [0.29, 0.717) is 36.7 Å². The molecule has 0 N–H and O–H groups in total. The fourth-order valence-electron chi connectivity index (χ4n) is 4.87. The Kier molecular flexibility index (Phi) is 8.44. The van der Waals surface area contributed by atoms with Crippen LogP contribution < -0.4 is 4.80 Å². The van der Waals surface area contributed by atoms with Gasteiger partial charge in [0, 0.05) is 31.3 Å². The van der Waals surface area contributed by atoms with E-state index in [1.54, 1.807) is 16.4 Å². The molecule has 0 bridgehead atoms. The van der Waals surface area contributed by atoms with Crippen molar-refractivity contribution in [3.05, 3.63) is 57.9 Å². The highest BCUT2D eigenvalue weighted by atomic mass is 32.2.